The van der Waals surface area contributed by atoms with Crippen LogP contribution in [-0.2, 0) is 9.59 Å². The summed E-state index contributed by atoms with van der Waals surface area (Å²) < 4.78 is 5.14. The molecule has 1 unspecified atom stereocenters. The largest absolute Gasteiger partial charge is 0.465 e. The number of carbonyl (C=O) groups is 2. The van der Waals surface area contributed by atoms with Crippen LogP contribution in [0.3, 0.4) is 0 Å². The third kappa shape index (κ3) is 2.19. The van der Waals surface area contributed by atoms with Gasteiger partial charge in [0.2, 0.25) is 5.78 Å². The molecule has 1 aliphatic heterocycles. The number of hydrogen-bond acceptors (Lipinski definition) is 5. The van der Waals surface area contributed by atoms with Gasteiger partial charge < -0.3 is 4.42 Å². The lowest BCUT2D eigenvalue weighted by molar-refractivity contribution is -0.130. The van der Waals surface area contributed by atoms with Crippen LogP contribution in [0.25, 0.3) is 6.08 Å². The predicted octanol–water partition coefficient (Wildman–Crippen LogP) is 1.05. The lowest BCUT2D eigenvalue weighted by Crippen LogP contribution is -2.32. The summed E-state index contributed by atoms with van der Waals surface area (Å²) >= 11 is 1.50. The minimum atomic E-state index is -0.502. The van der Waals surface area contributed by atoms with E-state index in [1.54, 1.807) is 24.5 Å². The highest BCUT2D eigenvalue weighted by molar-refractivity contribution is 8.03. The number of carbonyl (C=O) groups excluding carboxylic acids is 2. The summed E-state index contributed by atoms with van der Waals surface area (Å²) in [5.74, 6) is 0.874. The topological polar surface area (TPSA) is 59.3 Å². The molecule has 2 rings (SSSR count). The molecule has 0 amide bonds. The number of Topliss-reactive ketones (excluding diaryl/α,β-unsaturated/α-hetero) is 1. The van der Waals surface area contributed by atoms with Gasteiger partial charge in [0.25, 0.3) is 0 Å². The van der Waals surface area contributed by atoms with Crippen molar-refractivity contribution in [2.75, 3.05) is 5.88 Å². The minimum Gasteiger partial charge on any atom is -0.465 e. The molecule has 78 valence electrons. The molecule has 1 atom stereocenters. The van der Waals surface area contributed by atoms with Crippen molar-refractivity contribution in [1.29, 1.82) is 0 Å². The highest BCUT2D eigenvalue weighted by atomic mass is 32.2. The van der Waals surface area contributed by atoms with Crippen LogP contribution in [0.15, 0.2) is 27.7 Å². The minimum absolute atomic E-state index is 0.347. The summed E-state index contributed by atoms with van der Waals surface area (Å²) in [6, 6.07) is 3.07. The standard InChI is InChI=1S/C10H9NO3S/c12-5-8(13)10-9(15-6-11-10)4-7-2-1-3-14-7/h1-5,10-11H,6H2. The van der Waals surface area contributed by atoms with E-state index in [9.17, 15) is 9.59 Å². The Morgan fingerprint density at radius 2 is 2.53 bits per heavy atom. The van der Waals surface area contributed by atoms with E-state index in [0.29, 0.717) is 17.9 Å². The maximum Gasteiger partial charge on any atom is 0.217 e. The first-order chi connectivity index (χ1) is 7.31. The van der Waals surface area contributed by atoms with Crippen molar-refractivity contribution in [3.8, 4) is 0 Å². The highest BCUT2D eigenvalue weighted by Gasteiger charge is 2.27. The number of thioether (sulfide) groups is 1. The van der Waals surface area contributed by atoms with Gasteiger partial charge in [0, 0.05) is 10.8 Å². The van der Waals surface area contributed by atoms with Crippen molar-refractivity contribution >= 4 is 29.9 Å². The van der Waals surface area contributed by atoms with Gasteiger partial charge >= 0.3 is 0 Å². The fourth-order valence-corrected chi connectivity index (χ4v) is 2.32. The summed E-state index contributed by atoms with van der Waals surface area (Å²) in [5, 5.41) is 2.94. The Hall–Kier alpha value is -1.33. The molecule has 1 saturated heterocycles. The number of rotatable bonds is 3. The van der Waals surface area contributed by atoms with Gasteiger partial charge in [-0.1, -0.05) is 0 Å². The molecule has 4 nitrogen and oxygen atoms in total. The summed E-state index contributed by atoms with van der Waals surface area (Å²) in [5.41, 5.74) is 0. The SMILES string of the molecule is O=CC(=O)C1NCSC1=Cc1ccco1. The zero-order valence-corrected chi connectivity index (χ0v) is 8.62. The zero-order chi connectivity index (χ0) is 10.7. The van der Waals surface area contributed by atoms with Crippen LogP contribution in [0.2, 0.25) is 0 Å². The van der Waals surface area contributed by atoms with Crippen LogP contribution >= 0.6 is 11.8 Å². The Kier molecular flexibility index (Phi) is 3.03. The predicted molar refractivity (Wildman–Crippen MR) is 57.1 cm³/mol. The third-order valence-electron chi connectivity index (χ3n) is 2.04. The molecule has 1 aliphatic rings. The normalized spacial score (nSPS) is 23.2. The fraction of sp³-hybridized carbons (Fsp3) is 0.200. The van der Waals surface area contributed by atoms with Gasteiger partial charge in [-0.05, 0) is 18.2 Å². The van der Waals surface area contributed by atoms with Gasteiger partial charge in [0.1, 0.15) is 11.8 Å². The second kappa shape index (κ2) is 4.46. The monoisotopic (exact) mass is 223 g/mol. The zero-order valence-electron chi connectivity index (χ0n) is 7.80. The first-order valence-corrected chi connectivity index (χ1v) is 5.40. The first-order valence-electron chi connectivity index (χ1n) is 4.41. The van der Waals surface area contributed by atoms with Gasteiger partial charge in [-0.2, -0.15) is 0 Å². The number of furan rings is 1. The van der Waals surface area contributed by atoms with E-state index in [-0.39, 0.29) is 0 Å². The molecule has 0 aromatic carbocycles. The molecule has 0 saturated carbocycles. The second-order valence-electron chi connectivity index (χ2n) is 3.01. The van der Waals surface area contributed by atoms with Crippen molar-refractivity contribution in [2.45, 2.75) is 6.04 Å². The maximum atomic E-state index is 11.2. The number of ketones is 1. The molecule has 1 aromatic heterocycles. The number of hydrogen-bond donors (Lipinski definition) is 1. The molecule has 15 heavy (non-hydrogen) atoms. The Morgan fingerprint density at radius 1 is 1.67 bits per heavy atom. The van der Waals surface area contributed by atoms with Crippen LogP contribution < -0.4 is 5.32 Å². The van der Waals surface area contributed by atoms with Crippen LogP contribution in [0.5, 0.6) is 0 Å². The maximum absolute atomic E-state index is 11.2. The van der Waals surface area contributed by atoms with Crippen LogP contribution in [0.4, 0.5) is 0 Å². The van der Waals surface area contributed by atoms with Gasteiger partial charge in [-0.3, -0.25) is 14.9 Å². The van der Waals surface area contributed by atoms with E-state index in [1.807, 2.05) is 0 Å². The lowest BCUT2D eigenvalue weighted by Gasteiger charge is -2.04. The molecular formula is C10H9NO3S. The molecule has 1 N–H and O–H groups in total. The van der Waals surface area contributed by atoms with Gasteiger partial charge in [-0.25, -0.2) is 0 Å². The second-order valence-corrected chi connectivity index (χ2v) is 4.06. The van der Waals surface area contributed by atoms with Crippen LogP contribution in [0.1, 0.15) is 5.76 Å². The van der Waals surface area contributed by atoms with Gasteiger partial charge in [0.05, 0.1) is 6.26 Å². The molecule has 1 aromatic rings. The van der Waals surface area contributed by atoms with Gasteiger partial charge in [0.15, 0.2) is 6.29 Å². The van der Waals surface area contributed by atoms with Crippen molar-refractivity contribution < 1.29 is 14.0 Å². The first kappa shape index (κ1) is 10.2. The summed E-state index contributed by atoms with van der Waals surface area (Å²) in [4.78, 5) is 22.4. The summed E-state index contributed by atoms with van der Waals surface area (Å²) in [7, 11) is 0. The highest BCUT2D eigenvalue weighted by Crippen LogP contribution is 2.27. The fourth-order valence-electron chi connectivity index (χ4n) is 1.34. The Balaban J connectivity index is 2.21. The molecular weight excluding hydrogens is 214 g/mol. The quantitative estimate of drug-likeness (QED) is 0.613. The molecule has 2 heterocycles. The van der Waals surface area contributed by atoms with Crippen molar-refractivity contribution in [1.82, 2.24) is 5.32 Å². The molecule has 0 aliphatic carbocycles. The number of aldehydes is 1. The van der Waals surface area contributed by atoms with Gasteiger partial charge in [-0.15, -0.1) is 11.8 Å². The molecule has 0 bridgehead atoms. The molecule has 5 heteroatoms. The summed E-state index contributed by atoms with van der Waals surface area (Å²) in [6.07, 6.45) is 3.69. The van der Waals surface area contributed by atoms with E-state index < -0.39 is 11.8 Å². The van der Waals surface area contributed by atoms with E-state index in [2.05, 4.69) is 5.32 Å². The van der Waals surface area contributed by atoms with Crippen molar-refractivity contribution in [3.05, 3.63) is 29.1 Å². The lowest BCUT2D eigenvalue weighted by atomic mass is 10.2. The van der Waals surface area contributed by atoms with E-state index in [4.69, 9.17) is 4.42 Å². The van der Waals surface area contributed by atoms with E-state index in [1.165, 1.54) is 11.8 Å². The Morgan fingerprint density at radius 3 is 3.20 bits per heavy atom. The Bertz CT molecular complexity index is 397. The average Bonchev–Trinajstić information content (AvgIpc) is 2.88. The molecule has 0 spiro atoms. The van der Waals surface area contributed by atoms with Crippen LogP contribution in [0, 0.1) is 0 Å². The molecule has 0 radical (unpaired) electrons. The van der Waals surface area contributed by atoms with E-state index >= 15 is 0 Å². The summed E-state index contributed by atoms with van der Waals surface area (Å²) in [6.45, 7) is 0. The third-order valence-corrected chi connectivity index (χ3v) is 3.04. The average molecular weight is 223 g/mol. The smallest absolute Gasteiger partial charge is 0.217 e. The van der Waals surface area contributed by atoms with Crippen molar-refractivity contribution in [2.24, 2.45) is 0 Å². The number of nitrogens with one attached hydrogen (secondary N) is 1. The van der Waals surface area contributed by atoms with Crippen LogP contribution in [-0.4, -0.2) is 24.0 Å². The van der Waals surface area contributed by atoms with E-state index in [0.717, 1.165) is 4.91 Å². The Labute approximate surface area is 90.7 Å². The van der Waals surface area contributed by atoms with Crippen molar-refractivity contribution in [3.63, 3.8) is 0 Å². The molecule has 1 fully saturated rings.